The van der Waals surface area contributed by atoms with E-state index >= 15 is 0 Å². The van der Waals surface area contributed by atoms with E-state index in [1.54, 1.807) is 14.0 Å². The van der Waals surface area contributed by atoms with Crippen LogP contribution in [0.2, 0.25) is 0 Å². The molecule has 0 aliphatic rings. The molecule has 25 heavy (non-hydrogen) atoms. The van der Waals surface area contributed by atoms with Gasteiger partial charge < -0.3 is 10.6 Å². The van der Waals surface area contributed by atoms with Crippen molar-refractivity contribution in [3.8, 4) is 11.1 Å². The Morgan fingerprint density at radius 3 is 2.36 bits per heavy atom. The molecule has 0 saturated heterocycles. The fraction of sp³-hybridized carbons (Fsp3) is 0.167. The van der Waals surface area contributed by atoms with Gasteiger partial charge in [0.25, 0.3) is 0 Å². The van der Waals surface area contributed by atoms with Crippen molar-refractivity contribution in [2.75, 3.05) is 12.4 Å². The van der Waals surface area contributed by atoms with E-state index in [1.165, 1.54) is 30.3 Å². The highest BCUT2D eigenvalue weighted by Gasteiger charge is 2.34. The zero-order valence-electron chi connectivity index (χ0n) is 13.7. The summed E-state index contributed by atoms with van der Waals surface area (Å²) >= 11 is 0. The molecule has 0 bridgehead atoms. The summed E-state index contributed by atoms with van der Waals surface area (Å²) in [6.45, 7) is 5.37. The molecule has 3 nitrogen and oxygen atoms in total. The van der Waals surface area contributed by atoms with Crippen molar-refractivity contribution in [3.05, 3.63) is 66.2 Å². The van der Waals surface area contributed by atoms with Crippen molar-refractivity contribution < 1.29 is 17.6 Å². The van der Waals surface area contributed by atoms with Gasteiger partial charge in [-0.1, -0.05) is 30.8 Å². The number of aliphatic imine (C=N–C) groups is 1. The number of nitrogens with zero attached hydrogens (tertiary/aromatic N) is 1. The molecule has 2 aromatic carbocycles. The summed E-state index contributed by atoms with van der Waals surface area (Å²) in [5.41, 5.74) is -1.08. The molecule has 0 aliphatic heterocycles. The van der Waals surface area contributed by atoms with Gasteiger partial charge in [-0.05, 0) is 30.7 Å². The van der Waals surface area contributed by atoms with Crippen molar-refractivity contribution in [1.82, 2.24) is 5.32 Å². The van der Waals surface area contributed by atoms with Crippen LogP contribution < -0.4 is 10.6 Å². The standard InChI is InChI=1S/C18H17F4N3/c1-11(23-3)24-12(2)25-13-8-9-14(16(10-13)18(20,21)22)15-6-4-5-7-17(15)19/h4-10,25H,2H2,1,3H3,(H,23,24). The molecular formula is C18H17F4N3. The summed E-state index contributed by atoms with van der Waals surface area (Å²) < 4.78 is 54.2. The van der Waals surface area contributed by atoms with Gasteiger partial charge >= 0.3 is 6.18 Å². The first-order valence-corrected chi connectivity index (χ1v) is 7.35. The summed E-state index contributed by atoms with van der Waals surface area (Å²) in [5, 5.41) is 5.53. The van der Waals surface area contributed by atoms with Gasteiger partial charge in [-0.3, -0.25) is 4.99 Å². The lowest BCUT2D eigenvalue weighted by Gasteiger charge is -2.17. The Morgan fingerprint density at radius 2 is 1.76 bits per heavy atom. The third-order valence-corrected chi connectivity index (χ3v) is 3.45. The number of rotatable bonds is 4. The monoisotopic (exact) mass is 351 g/mol. The SMILES string of the molecule is C=C(NC(C)=NC)Nc1ccc(-c2ccccc2F)c(C(F)(F)F)c1. The van der Waals surface area contributed by atoms with Crippen LogP contribution in [0, 0.1) is 5.82 Å². The number of anilines is 1. The average Bonchev–Trinajstić information content (AvgIpc) is 2.54. The Morgan fingerprint density at radius 1 is 1.08 bits per heavy atom. The minimum atomic E-state index is -4.63. The van der Waals surface area contributed by atoms with Crippen molar-refractivity contribution in [3.63, 3.8) is 0 Å². The Balaban J connectivity index is 2.42. The van der Waals surface area contributed by atoms with Gasteiger partial charge in [0.15, 0.2) is 0 Å². The second-order valence-electron chi connectivity index (χ2n) is 5.28. The van der Waals surface area contributed by atoms with Crippen molar-refractivity contribution >= 4 is 11.5 Å². The molecule has 2 rings (SSSR count). The first-order valence-electron chi connectivity index (χ1n) is 7.35. The Labute approximate surface area is 143 Å². The van der Waals surface area contributed by atoms with E-state index in [0.717, 1.165) is 12.1 Å². The van der Waals surface area contributed by atoms with Gasteiger partial charge in [-0.2, -0.15) is 13.2 Å². The Kier molecular flexibility index (Phi) is 5.46. The molecule has 132 valence electrons. The van der Waals surface area contributed by atoms with Crippen LogP contribution in [0.3, 0.4) is 0 Å². The van der Waals surface area contributed by atoms with Crippen LogP contribution in [-0.4, -0.2) is 12.9 Å². The molecule has 0 heterocycles. The van der Waals surface area contributed by atoms with E-state index in [4.69, 9.17) is 0 Å². The van der Waals surface area contributed by atoms with Crippen LogP contribution in [0.1, 0.15) is 12.5 Å². The molecule has 7 heteroatoms. The van der Waals surface area contributed by atoms with Gasteiger partial charge in [-0.15, -0.1) is 0 Å². The number of hydrogen-bond donors (Lipinski definition) is 2. The van der Waals surface area contributed by atoms with E-state index in [0.29, 0.717) is 5.84 Å². The zero-order valence-corrected chi connectivity index (χ0v) is 13.7. The van der Waals surface area contributed by atoms with Gasteiger partial charge in [0, 0.05) is 18.3 Å². The van der Waals surface area contributed by atoms with Crippen LogP contribution in [0.25, 0.3) is 11.1 Å². The highest BCUT2D eigenvalue weighted by molar-refractivity contribution is 5.81. The highest BCUT2D eigenvalue weighted by atomic mass is 19.4. The van der Waals surface area contributed by atoms with Crippen LogP contribution in [0.15, 0.2) is 59.9 Å². The summed E-state index contributed by atoms with van der Waals surface area (Å²) in [4.78, 5) is 3.87. The molecule has 2 aromatic rings. The average molecular weight is 351 g/mol. The normalized spacial score (nSPS) is 12.0. The zero-order chi connectivity index (χ0) is 18.6. The predicted octanol–water partition coefficient (Wildman–Crippen LogP) is 5.03. The van der Waals surface area contributed by atoms with E-state index in [2.05, 4.69) is 22.2 Å². The second kappa shape index (κ2) is 7.38. The summed E-state index contributed by atoms with van der Waals surface area (Å²) in [6.07, 6.45) is -4.63. The maximum absolute atomic E-state index is 13.9. The lowest BCUT2D eigenvalue weighted by molar-refractivity contribution is -0.137. The Hall–Kier alpha value is -2.83. The molecule has 0 saturated carbocycles. The highest BCUT2D eigenvalue weighted by Crippen LogP contribution is 2.39. The van der Waals surface area contributed by atoms with Crippen molar-refractivity contribution in [1.29, 1.82) is 0 Å². The molecule has 0 aliphatic carbocycles. The molecule has 0 radical (unpaired) electrons. The van der Waals surface area contributed by atoms with Crippen LogP contribution in [0.4, 0.5) is 23.2 Å². The number of hydrogen-bond acceptors (Lipinski definition) is 2. The number of amidine groups is 1. The fourth-order valence-corrected chi connectivity index (χ4v) is 2.25. The van der Waals surface area contributed by atoms with E-state index in [1.807, 2.05) is 0 Å². The molecule has 0 unspecified atom stereocenters. The minimum Gasteiger partial charge on any atom is -0.342 e. The summed E-state index contributed by atoms with van der Waals surface area (Å²) in [5.74, 6) is 0.112. The number of benzene rings is 2. The first-order chi connectivity index (χ1) is 11.7. The molecule has 0 atom stereocenters. The van der Waals surface area contributed by atoms with Crippen molar-refractivity contribution in [2.45, 2.75) is 13.1 Å². The van der Waals surface area contributed by atoms with Gasteiger partial charge in [0.1, 0.15) is 11.6 Å². The van der Waals surface area contributed by atoms with Crippen LogP contribution in [0.5, 0.6) is 0 Å². The van der Waals surface area contributed by atoms with Crippen LogP contribution >= 0.6 is 0 Å². The molecular weight excluding hydrogens is 334 g/mol. The third-order valence-electron chi connectivity index (χ3n) is 3.45. The van der Waals surface area contributed by atoms with Gasteiger partial charge in [0.05, 0.1) is 11.4 Å². The molecule has 0 spiro atoms. The van der Waals surface area contributed by atoms with E-state index in [9.17, 15) is 17.6 Å². The molecule has 0 aromatic heterocycles. The quantitative estimate of drug-likeness (QED) is 0.460. The van der Waals surface area contributed by atoms with E-state index < -0.39 is 17.6 Å². The van der Waals surface area contributed by atoms with E-state index in [-0.39, 0.29) is 22.6 Å². The lowest BCUT2D eigenvalue weighted by Crippen LogP contribution is -2.23. The van der Waals surface area contributed by atoms with Gasteiger partial charge in [0.2, 0.25) is 0 Å². The summed E-state index contributed by atoms with van der Waals surface area (Å²) in [6, 6.07) is 8.94. The maximum atomic E-state index is 13.9. The van der Waals surface area contributed by atoms with Crippen molar-refractivity contribution in [2.24, 2.45) is 4.99 Å². The fourth-order valence-electron chi connectivity index (χ4n) is 2.25. The first kappa shape index (κ1) is 18.5. The number of nitrogens with one attached hydrogen (secondary N) is 2. The van der Waals surface area contributed by atoms with Crippen LogP contribution in [-0.2, 0) is 6.18 Å². The predicted molar refractivity (Wildman–Crippen MR) is 91.8 cm³/mol. The topological polar surface area (TPSA) is 36.4 Å². The molecule has 2 N–H and O–H groups in total. The lowest BCUT2D eigenvalue weighted by atomic mass is 9.98. The molecule has 0 amide bonds. The van der Waals surface area contributed by atoms with Gasteiger partial charge in [-0.25, -0.2) is 4.39 Å². The smallest absolute Gasteiger partial charge is 0.342 e. The molecule has 0 fully saturated rings. The Bertz CT molecular complexity index is 810. The minimum absolute atomic E-state index is 0.104. The summed E-state index contributed by atoms with van der Waals surface area (Å²) in [7, 11) is 1.57. The maximum Gasteiger partial charge on any atom is 0.417 e. The second-order valence-corrected chi connectivity index (χ2v) is 5.28. The third kappa shape index (κ3) is 4.59. The largest absolute Gasteiger partial charge is 0.417 e. The number of alkyl halides is 3. The number of halogens is 4.